The van der Waals surface area contributed by atoms with E-state index in [1.807, 2.05) is 6.07 Å². The van der Waals surface area contributed by atoms with Crippen LogP contribution in [0.4, 0.5) is 0 Å². The molecule has 1 fully saturated rings. The van der Waals surface area contributed by atoms with Crippen LogP contribution in [0.15, 0.2) is 33.6 Å². The van der Waals surface area contributed by atoms with Crippen LogP contribution in [0.1, 0.15) is 0 Å². The fourth-order valence-electron chi connectivity index (χ4n) is 1.53. The van der Waals surface area contributed by atoms with E-state index in [9.17, 15) is 8.42 Å². The quantitative estimate of drug-likeness (QED) is 0.922. The minimum absolute atomic E-state index is 0. The van der Waals surface area contributed by atoms with Gasteiger partial charge in [0.15, 0.2) is 9.84 Å². The first-order valence-electron chi connectivity index (χ1n) is 4.77. The minimum atomic E-state index is -3.11. The van der Waals surface area contributed by atoms with Crippen molar-refractivity contribution in [2.45, 2.75) is 4.90 Å². The van der Waals surface area contributed by atoms with Gasteiger partial charge in [-0.15, -0.1) is 12.4 Å². The second kappa shape index (κ2) is 5.49. The van der Waals surface area contributed by atoms with Crippen molar-refractivity contribution in [3.63, 3.8) is 0 Å². The number of hydrogen-bond acceptors (Lipinski definition) is 3. The van der Waals surface area contributed by atoms with E-state index in [1.165, 1.54) is 0 Å². The predicted octanol–water partition coefficient (Wildman–Crippen LogP) is 1.86. The molecule has 2 rings (SSSR count). The van der Waals surface area contributed by atoms with E-state index in [0.717, 1.165) is 17.6 Å². The number of hydrogen-bond donors (Lipinski definition) is 1. The van der Waals surface area contributed by atoms with Gasteiger partial charge in [-0.05, 0) is 24.1 Å². The van der Waals surface area contributed by atoms with Crippen LogP contribution >= 0.6 is 28.3 Å². The van der Waals surface area contributed by atoms with Crippen LogP contribution in [0.25, 0.3) is 0 Å². The second-order valence-corrected chi connectivity index (χ2v) is 6.71. The Morgan fingerprint density at radius 1 is 1.38 bits per heavy atom. The van der Waals surface area contributed by atoms with Gasteiger partial charge in [-0.3, -0.25) is 0 Å². The van der Waals surface area contributed by atoms with E-state index in [0.29, 0.717) is 4.90 Å². The molecule has 1 heterocycles. The van der Waals surface area contributed by atoms with Crippen LogP contribution < -0.4 is 5.32 Å². The average molecular weight is 327 g/mol. The molecule has 0 aromatic heterocycles. The first-order chi connectivity index (χ1) is 7.08. The summed E-state index contributed by atoms with van der Waals surface area (Å²) in [6, 6.07) is 6.87. The molecule has 16 heavy (non-hydrogen) atoms. The van der Waals surface area contributed by atoms with Crippen LogP contribution in [0, 0.1) is 5.92 Å². The van der Waals surface area contributed by atoms with Gasteiger partial charge in [0.25, 0.3) is 0 Å². The molecular formula is C10H13BrClNO2S. The number of sulfone groups is 1. The van der Waals surface area contributed by atoms with Gasteiger partial charge >= 0.3 is 0 Å². The van der Waals surface area contributed by atoms with Crippen molar-refractivity contribution in [1.29, 1.82) is 0 Å². The highest BCUT2D eigenvalue weighted by molar-refractivity contribution is 9.10. The summed E-state index contributed by atoms with van der Waals surface area (Å²) in [5.74, 6) is 0.519. The van der Waals surface area contributed by atoms with Crippen molar-refractivity contribution in [2.75, 3.05) is 18.8 Å². The van der Waals surface area contributed by atoms with Crippen LogP contribution in [0.3, 0.4) is 0 Å². The zero-order chi connectivity index (χ0) is 10.9. The predicted molar refractivity (Wildman–Crippen MR) is 69.8 cm³/mol. The van der Waals surface area contributed by atoms with Gasteiger partial charge in [0.2, 0.25) is 0 Å². The summed E-state index contributed by atoms with van der Waals surface area (Å²) >= 11 is 3.28. The average Bonchev–Trinajstić information content (AvgIpc) is 2.12. The van der Waals surface area contributed by atoms with Crippen LogP contribution in [-0.2, 0) is 9.84 Å². The molecule has 1 aromatic rings. The fraction of sp³-hybridized carbons (Fsp3) is 0.400. The Kier molecular flexibility index (Phi) is 4.79. The summed E-state index contributed by atoms with van der Waals surface area (Å²) in [5.41, 5.74) is 0. The normalized spacial score (nSPS) is 16.3. The lowest BCUT2D eigenvalue weighted by Crippen LogP contribution is -2.45. The molecule has 0 spiro atoms. The highest BCUT2D eigenvalue weighted by Gasteiger charge is 2.25. The molecule has 1 saturated heterocycles. The maximum atomic E-state index is 11.9. The zero-order valence-corrected chi connectivity index (χ0v) is 11.7. The van der Waals surface area contributed by atoms with E-state index >= 15 is 0 Å². The summed E-state index contributed by atoms with van der Waals surface area (Å²) in [4.78, 5) is 0.406. The molecule has 0 bridgehead atoms. The highest BCUT2D eigenvalue weighted by atomic mass is 79.9. The van der Waals surface area contributed by atoms with Crippen molar-refractivity contribution in [3.8, 4) is 0 Å². The summed E-state index contributed by atoms with van der Waals surface area (Å²) in [7, 11) is -3.11. The Morgan fingerprint density at radius 2 is 2.06 bits per heavy atom. The first-order valence-corrected chi connectivity index (χ1v) is 7.21. The standard InChI is InChI=1S/C10H12BrNO2S.ClH/c11-9-2-1-3-10(4-9)15(13,14)7-8-5-12-6-8;/h1-4,8,12H,5-7H2;1H. The largest absolute Gasteiger partial charge is 0.316 e. The molecule has 90 valence electrons. The Bertz CT molecular complexity index is 460. The zero-order valence-electron chi connectivity index (χ0n) is 8.52. The van der Waals surface area contributed by atoms with Gasteiger partial charge in [-0.25, -0.2) is 8.42 Å². The third kappa shape index (κ3) is 3.20. The molecule has 1 aromatic carbocycles. The van der Waals surface area contributed by atoms with Gasteiger partial charge in [-0.2, -0.15) is 0 Å². The van der Waals surface area contributed by atoms with E-state index in [2.05, 4.69) is 21.2 Å². The molecule has 3 nitrogen and oxygen atoms in total. The van der Waals surface area contributed by atoms with E-state index in [1.54, 1.807) is 18.2 Å². The molecule has 1 N–H and O–H groups in total. The molecular weight excluding hydrogens is 314 g/mol. The summed E-state index contributed by atoms with van der Waals surface area (Å²) in [5, 5.41) is 3.07. The molecule has 1 aliphatic rings. The molecule has 0 saturated carbocycles. The van der Waals surface area contributed by atoms with Gasteiger partial charge < -0.3 is 5.32 Å². The Balaban J connectivity index is 0.00000128. The van der Waals surface area contributed by atoms with E-state index in [-0.39, 0.29) is 24.1 Å². The molecule has 1 aliphatic heterocycles. The number of benzene rings is 1. The number of halogens is 2. The first kappa shape index (κ1) is 14.0. The SMILES string of the molecule is Cl.O=S(=O)(CC1CNC1)c1cccc(Br)c1. The summed E-state index contributed by atoms with van der Waals surface area (Å²) < 4.78 is 24.7. The lowest BCUT2D eigenvalue weighted by molar-refractivity contribution is 0.378. The van der Waals surface area contributed by atoms with E-state index < -0.39 is 9.84 Å². The molecule has 0 atom stereocenters. The Labute approximate surface area is 110 Å². The third-order valence-electron chi connectivity index (χ3n) is 2.48. The van der Waals surface area contributed by atoms with Crippen molar-refractivity contribution < 1.29 is 8.42 Å². The van der Waals surface area contributed by atoms with Gasteiger partial charge in [-0.1, -0.05) is 22.0 Å². The van der Waals surface area contributed by atoms with Crippen molar-refractivity contribution in [1.82, 2.24) is 5.32 Å². The Hall–Kier alpha value is -0.100. The number of nitrogens with one attached hydrogen (secondary N) is 1. The summed E-state index contributed by atoms with van der Waals surface area (Å²) in [6.07, 6.45) is 0. The van der Waals surface area contributed by atoms with Crippen molar-refractivity contribution >= 4 is 38.2 Å². The molecule has 0 amide bonds. The summed E-state index contributed by atoms with van der Waals surface area (Å²) in [6.45, 7) is 1.63. The lowest BCUT2D eigenvalue weighted by Gasteiger charge is -2.26. The molecule has 0 aliphatic carbocycles. The number of rotatable bonds is 3. The fourth-order valence-corrected chi connectivity index (χ4v) is 3.73. The second-order valence-electron chi connectivity index (χ2n) is 3.76. The topological polar surface area (TPSA) is 46.2 Å². The Morgan fingerprint density at radius 3 is 2.56 bits per heavy atom. The molecule has 0 radical (unpaired) electrons. The van der Waals surface area contributed by atoms with Gasteiger partial charge in [0, 0.05) is 17.6 Å². The van der Waals surface area contributed by atoms with Gasteiger partial charge in [0.05, 0.1) is 10.6 Å². The maximum absolute atomic E-state index is 11.9. The van der Waals surface area contributed by atoms with Crippen molar-refractivity contribution in [3.05, 3.63) is 28.7 Å². The van der Waals surface area contributed by atoms with Crippen LogP contribution in [0.2, 0.25) is 0 Å². The minimum Gasteiger partial charge on any atom is -0.316 e. The van der Waals surface area contributed by atoms with Crippen molar-refractivity contribution in [2.24, 2.45) is 5.92 Å². The lowest BCUT2D eigenvalue weighted by atomic mass is 10.1. The highest BCUT2D eigenvalue weighted by Crippen LogP contribution is 2.20. The van der Waals surface area contributed by atoms with Crippen LogP contribution in [-0.4, -0.2) is 27.3 Å². The maximum Gasteiger partial charge on any atom is 0.178 e. The molecule has 0 unspecified atom stereocenters. The third-order valence-corrected chi connectivity index (χ3v) is 4.85. The smallest absolute Gasteiger partial charge is 0.178 e. The van der Waals surface area contributed by atoms with Gasteiger partial charge in [0.1, 0.15) is 0 Å². The monoisotopic (exact) mass is 325 g/mol. The van der Waals surface area contributed by atoms with E-state index in [4.69, 9.17) is 0 Å². The van der Waals surface area contributed by atoms with Crippen LogP contribution in [0.5, 0.6) is 0 Å². The molecule has 6 heteroatoms.